The van der Waals surface area contributed by atoms with Crippen LogP contribution in [-0.4, -0.2) is 18.4 Å². The quantitative estimate of drug-likeness (QED) is 0.501. The van der Waals surface area contributed by atoms with Crippen LogP contribution in [-0.2, 0) is 22.4 Å². The van der Waals surface area contributed by atoms with Gasteiger partial charge in [0.2, 0.25) is 0 Å². The molecule has 0 radical (unpaired) electrons. The fourth-order valence-corrected chi connectivity index (χ4v) is 2.56. The van der Waals surface area contributed by atoms with E-state index in [1.807, 2.05) is 18.2 Å². The van der Waals surface area contributed by atoms with E-state index in [1.54, 1.807) is 0 Å². The second-order valence-electron chi connectivity index (χ2n) is 5.71. The van der Waals surface area contributed by atoms with Gasteiger partial charge in [-0.2, -0.15) is 0 Å². The normalized spacial score (nSPS) is 10.8. The number of furan rings is 1. The smallest absolute Gasteiger partial charge is 0.310 e. The van der Waals surface area contributed by atoms with Crippen molar-refractivity contribution in [2.24, 2.45) is 0 Å². The van der Waals surface area contributed by atoms with E-state index < -0.39 is 11.8 Å². The molecule has 1 heterocycles. The zero-order chi connectivity index (χ0) is 17.8. The Labute approximate surface area is 144 Å². The topological polar surface area (TPSA) is 56.5 Å². The molecule has 5 heteroatoms. The maximum atomic E-state index is 12.8. The predicted octanol–water partition coefficient (Wildman–Crippen LogP) is 4.10. The molecule has 0 aliphatic carbocycles. The summed E-state index contributed by atoms with van der Waals surface area (Å²) < 4.78 is 23.4. The standard InChI is InChI=1S/C20H17FO4/c1-2-13-3-8-17-15(11-24-19(17)9-13)10-20(23)25-12-18(22)14-4-6-16(21)7-5-14/h3-9,11H,2,10,12H2,1H3. The summed E-state index contributed by atoms with van der Waals surface area (Å²) in [5, 5.41) is 0.860. The summed E-state index contributed by atoms with van der Waals surface area (Å²) in [6.07, 6.45) is 2.46. The third-order valence-corrected chi connectivity index (χ3v) is 3.99. The number of esters is 1. The molecule has 3 rings (SSSR count). The molecule has 0 N–H and O–H groups in total. The minimum atomic E-state index is -0.516. The van der Waals surface area contributed by atoms with Gasteiger partial charge in [0.25, 0.3) is 0 Å². The summed E-state index contributed by atoms with van der Waals surface area (Å²) in [4.78, 5) is 23.9. The minimum absolute atomic E-state index is 0.0230. The van der Waals surface area contributed by atoms with Crippen LogP contribution in [0.2, 0.25) is 0 Å². The van der Waals surface area contributed by atoms with E-state index in [0.717, 1.165) is 28.5 Å². The number of halogens is 1. The van der Waals surface area contributed by atoms with Gasteiger partial charge in [-0.25, -0.2) is 4.39 Å². The van der Waals surface area contributed by atoms with E-state index in [4.69, 9.17) is 9.15 Å². The van der Waals surface area contributed by atoms with Crippen LogP contribution >= 0.6 is 0 Å². The Bertz CT molecular complexity index is 909. The number of hydrogen-bond acceptors (Lipinski definition) is 4. The van der Waals surface area contributed by atoms with Crippen molar-refractivity contribution >= 4 is 22.7 Å². The zero-order valence-corrected chi connectivity index (χ0v) is 13.8. The highest BCUT2D eigenvalue weighted by Gasteiger charge is 2.14. The maximum absolute atomic E-state index is 12.8. The van der Waals surface area contributed by atoms with Crippen molar-refractivity contribution in [2.75, 3.05) is 6.61 Å². The molecule has 2 aromatic carbocycles. The lowest BCUT2D eigenvalue weighted by Gasteiger charge is -2.04. The number of benzene rings is 2. The Morgan fingerprint density at radius 1 is 1.12 bits per heavy atom. The van der Waals surface area contributed by atoms with Crippen LogP contribution < -0.4 is 0 Å². The van der Waals surface area contributed by atoms with Crippen LogP contribution in [0.1, 0.15) is 28.4 Å². The molecule has 0 fully saturated rings. The molecule has 0 saturated carbocycles. The monoisotopic (exact) mass is 340 g/mol. The number of hydrogen-bond donors (Lipinski definition) is 0. The number of fused-ring (bicyclic) bond motifs is 1. The predicted molar refractivity (Wildman–Crippen MR) is 91.0 cm³/mol. The molecule has 0 aliphatic heterocycles. The number of ether oxygens (including phenoxy) is 1. The third kappa shape index (κ3) is 3.94. The molecule has 4 nitrogen and oxygen atoms in total. The van der Waals surface area contributed by atoms with E-state index in [9.17, 15) is 14.0 Å². The van der Waals surface area contributed by atoms with E-state index in [1.165, 1.54) is 30.5 Å². The second kappa shape index (κ2) is 7.30. The number of aryl methyl sites for hydroxylation is 1. The van der Waals surface area contributed by atoms with Gasteiger partial charge >= 0.3 is 5.97 Å². The summed E-state index contributed by atoms with van der Waals surface area (Å²) in [7, 11) is 0. The fraction of sp³-hybridized carbons (Fsp3) is 0.200. The van der Waals surface area contributed by atoms with E-state index in [2.05, 4.69) is 6.92 Å². The summed E-state index contributed by atoms with van der Waals surface area (Å²) in [5.41, 5.74) is 2.90. The van der Waals surface area contributed by atoms with Gasteiger partial charge in [-0.05, 0) is 42.3 Å². The van der Waals surface area contributed by atoms with Crippen molar-refractivity contribution in [1.29, 1.82) is 0 Å². The Kier molecular flexibility index (Phi) is 4.93. The van der Waals surface area contributed by atoms with Gasteiger partial charge in [0.1, 0.15) is 11.4 Å². The van der Waals surface area contributed by atoms with Crippen molar-refractivity contribution in [2.45, 2.75) is 19.8 Å². The van der Waals surface area contributed by atoms with Crippen molar-refractivity contribution < 1.29 is 23.1 Å². The Morgan fingerprint density at radius 2 is 1.88 bits per heavy atom. The summed E-state index contributed by atoms with van der Waals surface area (Å²) in [5.74, 6) is -1.32. The van der Waals surface area contributed by atoms with Gasteiger partial charge in [-0.15, -0.1) is 0 Å². The molecule has 0 aliphatic rings. The molecular weight excluding hydrogens is 323 g/mol. The summed E-state index contributed by atoms with van der Waals surface area (Å²) in [6, 6.07) is 11.0. The fourth-order valence-electron chi connectivity index (χ4n) is 2.56. The summed E-state index contributed by atoms with van der Waals surface area (Å²) in [6.45, 7) is 1.68. The lowest BCUT2D eigenvalue weighted by molar-refractivity contribution is -0.141. The first-order valence-corrected chi connectivity index (χ1v) is 8.00. The molecule has 1 aromatic heterocycles. The lowest BCUT2D eigenvalue weighted by Crippen LogP contribution is -2.15. The van der Waals surface area contributed by atoms with Gasteiger partial charge in [0, 0.05) is 16.5 Å². The van der Waals surface area contributed by atoms with Crippen LogP contribution in [0.5, 0.6) is 0 Å². The number of ketones is 1. The van der Waals surface area contributed by atoms with Crippen LogP contribution in [0.4, 0.5) is 4.39 Å². The molecule has 0 atom stereocenters. The number of rotatable bonds is 6. The van der Waals surface area contributed by atoms with Gasteiger partial charge in [0.05, 0.1) is 12.7 Å². The van der Waals surface area contributed by atoms with Crippen LogP contribution in [0.15, 0.2) is 53.1 Å². The lowest BCUT2D eigenvalue weighted by atomic mass is 10.1. The first-order chi connectivity index (χ1) is 12.1. The molecule has 0 bridgehead atoms. The Morgan fingerprint density at radius 3 is 2.60 bits per heavy atom. The van der Waals surface area contributed by atoms with Crippen molar-refractivity contribution in [3.05, 3.63) is 71.2 Å². The van der Waals surface area contributed by atoms with E-state index in [-0.39, 0.29) is 18.8 Å². The van der Waals surface area contributed by atoms with Gasteiger partial charge < -0.3 is 9.15 Å². The molecule has 0 saturated heterocycles. The third-order valence-electron chi connectivity index (χ3n) is 3.99. The van der Waals surface area contributed by atoms with Crippen LogP contribution in [0.25, 0.3) is 11.0 Å². The number of carbonyl (C=O) groups excluding carboxylic acids is 2. The molecule has 0 unspecified atom stereocenters. The first-order valence-electron chi connectivity index (χ1n) is 8.00. The van der Waals surface area contributed by atoms with Crippen LogP contribution in [0.3, 0.4) is 0 Å². The molecule has 0 amide bonds. The highest BCUT2D eigenvalue weighted by molar-refractivity contribution is 5.98. The molecule has 3 aromatic rings. The number of carbonyl (C=O) groups is 2. The largest absolute Gasteiger partial charge is 0.464 e. The van der Waals surface area contributed by atoms with Crippen LogP contribution in [0, 0.1) is 5.82 Å². The van der Waals surface area contributed by atoms with Crippen molar-refractivity contribution in [3.63, 3.8) is 0 Å². The molecule has 128 valence electrons. The van der Waals surface area contributed by atoms with Gasteiger partial charge in [0.15, 0.2) is 12.4 Å². The van der Waals surface area contributed by atoms with Gasteiger partial charge in [-0.3, -0.25) is 9.59 Å². The second-order valence-corrected chi connectivity index (χ2v) is 5.71. The highest BCUT2D eigenvalue weighted by Crippen LogP contribution is 2.23. The Hall–Kier alpha value is -2.95. The Balaban J connectivity index is 1.61. The van der Waals surface area contributed by atoms with E-state index in [0.29, 0.717) is 5.56 Å². The zero-order valence-electron chi connectivity index (χ0n) is 13.8. The van der Waals surface area contributed by atoms with E-state index >= 15 is 0 Å². The maximum Gasteiger partial charge on any atom is 0.310 e. The average molecular weight is 340 g/mol. The average Bonchev–Trinajstić information content (AvgIpc) is 3.02. The number of Topliss-reactive ketones (excluding diaryl/α,β-unsaturated/α-hetero) is 1. The van der Waals surface area contributed by atoms with Gasteiger partial charge in [-0.1, -0.05) is 19.1 Å². The molecule has 25 heavy (non-hydrogen) atoms. The van der Waals surface area contributed by atoms with Crippen molar-refractivity contribution in [3.8, 4) is 0 Å². The SMILES string of the molecule is CCc1ccc2c(CC(=O)OCC(=O)c3ccc(F)cc3)coc2c1. The first kappa shape index (κ1) is 16.9. The highest BCUT2D eigenvalue weighted by atomic mass is 19.1. The molecule has 0 spiro atoms. The summed E-state index contributed by atoms with van der Waals surface area (Å²) >= 11 is 0. The molecular formula is C20H17FO4. The van der Waals surface area contributed by atoms with Crippen molar-refractivity contribution in [1.82, 2.24) is 0 Å². The minimum Gasteiger partial charge on any atom is -0.464 e.